The number of hydroxylamine groups is 2. The number of amides is 2. The Morgan fingerprint density at radius 1 is 1.41 bits per heavy atom. The number of hydrogen-bond donors (Lipinski definition) is 0. The molecule has 7 heteroatoms. The molecule has 1 fully saturated rings. The molecule has 0 radical (unpaired) electrons. The predicted molar refractivity (Wildman–Crippen MR) is 79.5 cm³/mol. The predicted octanol–water partition coefficient (Wildman–Crippen LogP) is 2.51. The molecule has 0 aliphatic carbocycles. The third-order valence-corrected chi connectivity index (χ3v) is 3.68. The molecule has 1 atom stereocenters. The zero-order valence-electron chi connectivity index (χ0n) is 14.1. The molecule has 6 nitrogen and oxygen atoms in total. The third-order valence-electron chi connectivity index (χ3n) is 3.68. The maximum atomic E-state index is 13.2. The van der Waals surface area contributed by atoms with E-state index in [9.17, 15) is 14.0 Å². The smallest absolute Gasteiger partial charge is 0.410 e. The highest BCUT2D eigenvalue weighted by atomic mass is 19.1. The van der Waals surface area contributed by atoms with Gasteiger partial charge in [-0.25, -0.2) is 14.2 Å². The molecule has 2 amide bonds. The van der Waals surface area contributed by atoms with E-state index >= 15 is 0 Å². The Kier molecular flexibility index (Phi) is 5.56. The van der Waals surface area contributed by atoms with Gasteiger partial charge in [0.25, 0.3) is 5.91 Å². The molecule has 1 aliphatic rings. The highest BCUT2D eigenvalue weighted by molar-refractivity contribution is 5.86. The van der Waals surface area contributed by atoms with Crippen molar-refractivity contribution in [2.24, 2.45) is 5.41 Å². The summed E-state index contributed by atoms with van der Waals surface area (Å²) in [5, 5.41) is 1.04. The number of rotatable bonds is 2. The van der Waals surface area contributed by atoms with Gasteiger partial charge < -0.3 is 9.64 Å². The van der Waals surface area contributed by atoms with Gasteiger partial charge in [-0.2, -0.15) is 0 Å². The van der Waals surface area contributed by atoms with E-state index in [2.05, 4.69) is 0 Å². The summed E-state index contributed by atoms with van der Waals surface area (Å²) in [6.45, 7) is 7.27. The van der Waals surface area contributed by atoms with Gasteiger partial charge in [0.05, 0.1) is 18.9 Å². The van der Waals surface area contributed by atoms with Gasteiger partial charge in [-0.05, 0) is 39.7 Å². The van der Waals surface area contributed by atoms with Crippen molar-refractivity contribution in [1.82, 2.24) is 9.96 Å². The minimum Gasteiger partial charge on any atom is -0.444 e. The van der Waals surface area contributed by atoms with Crippen molar-refractivity contribution < 1.29 is 23.6 Å². The number of nitrogens with zero attached hydrogens (tertiary/aromatic N) is 2. The number of carbonyl (C=O) groups excluding carboxylic acids is 2. The molecule has 22 heavy (non-hydrogen) atoms. The fraction of sp³-hybridized carbons (Fsp3) is 0.733. The first-order chi connectivity index (χ1) is 10.0. The number of halogens is 1. The average Bonchev–Trinajstić information content (AvgIpc) is 2.43. The van der Waals surface area contributed by atoms with E-state index in [4.69, 9.17) is 9.57 Å². The van der Waals surface area contributed by atoms with Crippen molar-refractivity contribution in [1.29, 1.82) is 0 Å². The summed E-state index contributed by atoms with van der Waals surface area (Å²) >= 11 is 0. The number of carbonyl (C=O) groups is 2. The van der Waals surface area contributed by atoms with Gasteiger partial charge in [0.1, 0.15) is 5.60 Å². The van der Waals surface area contributed by atoms with Crippen LogP contribution in [0.2, 0.25) is 0 Å². The summed E-state index contributed by atoms with van der Waals surface area (Å²) < 4.78 is 18.5. The van der Waals surface area contributed by atoms with E-state index in [1.807, 2.05) is 0 Å². The lowest BCUT2D eigenvalue weighted by Crippen LogP contribution is -2.54. The zero-order chi connectivity index (χ0) is 17.1. The fourth-order valence-electron chi connectivity index (χ4n) is 2.39. The van der Waals surface area contributed by atoms with Crippen LogP contribution in [0.4, 0.5) is 9.18 Å². The molecule has 0 aromatic heterocycles. The molecule has 1 saturated heterocycles. The van der Waals surface area contributed by atoms with Crippen LogP contribution in [0.15, 0.2) is 11.9 Å². The number of ether oxygens (including phenoxy) is 1. The van der Waals surface area contributed by atoms with Crippen molar-refractivity contribution in [3.63, 3.8) is 0 Å². The summed E-state index contributed by atoms with van der Waals surface area (Å²) in [6, 6.07) is 0. The lowest BCUT2D eigenvalue weighted by atomic mass is 9.77. The molecule has 0 aromatic rings. The SMILES string of the molecule is CON(C)C(=O)C1(C)CN(C(=O)OC(C)(C)C)CC/C1=C\F. The lowest BCUT2D eigenvalue weighted by molar-refractivity contribution is -0.179. The summed E-state index contributed by atoms with van der Waals surface area (Å²) in [5.74, 6) is -0.410. The van der Waals surface area contributed by atoms with Gasteiger partial charge in [-0.15, -0.1) is 0 Å². The Bertz CT molecular complexity index is 473. The quantitative estimate of drug-likeness (QED) is 0.735. The van der Waals surface area contributed by atoms with Gasteiger partial charge in [-0.3, -0.25) is 9.63 Å². The second kappa shape index (κ2) is 6.64. The Labute approximate surface area is 130 Å². The first kappa shape index (κ1) is 18.4. The second-order valence-electron chi connectivity index (χ2n) is 6.60. The third kappa shape index (κ3) is 3.97. The minimum atomic E-state index is -1.17. The molecular weight excluding hydrogens is 291 g/mol. The van der Waals surface area contributed by atoms with Crippen molar-refractivity contribution >= 4 is 12.0 Å². The molecule has 1 heterocycles. The second-order valence-corrected chi connectivity index (χ2v) is 6.60. The van der Waals surface area contributed by atoms with Gasteiger partial charge in [0, 0.05) is 20.1 Å². The molecule has 0 N–H and O–H groups in total. The first-order valence-corrected chi connectivity index (χ1v) is 7.15. The maximum absolute atomic E-state index is 13.2. The summed E-state index contributed by atoms with van der Waals surface area (Å²) in [7, 11) is 2.81. The van der Waals surface area contributed by atoms with E-state index in [1.165, 1.54) is 19.1 Å². The van der Waals surface area contributed by atoms with Crippen LogP contribution in [-0.4, -0.2) is 54.8 Å². The highest BCUT2D eigenvalue weighted by Crippen LogP contribution is 2.37. The standard InChI is InChI=1S/C15H25FN2O4/c1-14(2,3)22-13(20)18-8-7-11(9-16)15(4,10-18)12(19)17(5)21-6/h9H,7-8,10H2,1-6H3/b11-9+. The highest BCUT2D eigenvalue weighted by Gasteiger charge is 2.45. The van der Waals surface area contributed by atoms with Crippen molar-refractivity contribution in [2.45, 2.75) is 39.7 Å². The summed E-state index contributed by atoms with van der Waals surface area (Å²) in [4.78, 5) is 31.0. The van der Waals surface area contributed by atoms with Crippen LogP contribution >= 0.6 is 0 Å². The van der Waals surface area contributed by atoms with E-state index < -0.39 is 23.0 Å². The van der Waals surface area contributed by atoms with Gasteiger partial charge >= 0.3 is 6.09 Å². The minimum absolute atomic E-state index is 0.0458. The zero-order valence-corrected chi connectivity index (χ0v) is 14.1. The first-order valence-electron chi connectivity index (χ1n) is 7.15. The van der Waals surface area contributed by atoms with Crippen LogP contribution in [-0.2, 0) is 14.4 Å². The Morgan fingerprint density at radius 2 is 2.00 bits per heavy atom. The normalized spacial score (nSPS) is 24.3. The molecule has 0 aromatic carbocycles. The van der Waals surface area contributed by atoms with E-state index in [1.54, 1.807) is 27.7 Å². The van der Waals surface area contributed by atoms with E-state index in [-0.39, 0.29) is 13.0 Å². The Morgan fingerprint density at radius 3 is 2.45 bits per heavy atom. The largest absolute Gasteiger partial charge is 0.444 e. The Balaban J connectivity index is 2.99. The number of hydrogen-bond acceptors (Lipinski definition) is 4. The van der Waals surface area contributed by atoms with Crippen LogP contribution in [0, 0.1) is 5.41 Å². The average molecular weight is 316 g/mol. The molecule has 1 aliphatic heterocycles. The molecule has 1 unspecified atom stereocenters. The van der Waals surface area contributed by atoms with Crippen LogP contribution in [0.5, 0.6) is 0 Å². The maximum Gasteiger partial charge on any atom is 0.410 e. The summed E-state index contributed by atoms with van der Waals surface area (Å²) in [5.41, 5.74) is -1.45. The Hall–Kier alpha value is -1.63. The van der Waals surface area contributed by atoms with Gasteiger partial charge in [-0.1, -0.05) is 0 Å². The van der Waals surface area contributed by atoms with Crippen molar-refractivity contribution in [3.8, 4) is 0 Å². The summed E-state index contributed by atoms with van der Waals surface area (Å²) in [6.07, 6.45) is 0.216. The van der Waals surface area contributed by atoms with E-state index in [0.717, 1.165) is 5.06 Å². The number of piperidine rings is 1. The number of likely N-dealkylation sites (tertiary alicyclic amines) is 1. The van der Waals surface area contributed by atoms with Crippen molar-refractivity contribution in [2.75, 3.05) is 27.2 Å². The monoisotopic (exact) mass is 316 g/mol. The topological polar surface area (TPSA) is 59.1 Å². The van der Waals surface area contributed by atoms with Crippen molar-refractivity contribution in [3.05, 3.63) is 11.9 Å². The lowest BCUT2D eigenvalue weighted by Gasteiger charge is -2.42. The molecule has 1 rings (SSSR count). The molecule has 0 bridgehead atoms. The van der Waals surface area contributed by atoms with Gasteiger partial charge in [0.2, 0.25) is 0 Å². The van der Waals surface area contributed by atoms with Crippen LogP contribution in [0.25, 0.3) is 0 Å². The molecule has 126 valence electrons. The fourth-order valence-corrected chi connectivity index (χ4v) is 2.39. The molecular formula is C15H25FN2O4. The van der Waals surface area contributed by atoms with Crippen LogP contribution in [0.3, 0.4) is 0 Å². The molecule has 0 spiro atoms. The molecule has 0 saturated carbocycles. The van der Waals surface area contributed by atoms with Crippen LogP contribution < -0.4 is 0 Å². The van der Waals surface area contributed by atoms with Gasteiger partial charge in [0.15, 0.2) is 0 Å². The van der Waals surface area contributed by atoms with Crippen LogP contribution in [0.1, 0.15) is 34.1 Å². The van der Waals surface area contributed by atoms with E-state index in [0.29, 0.717) is 18.4 Å².